The van der Waals surface area contributed by atoms with E-state index in [0.717, 1.165) is 45.0 Å². The summed E-state index contributed by atoms with van der Waals surface area (Å²) in [4.78, 5) is 16.1. The Kier molecular flexibility index (Phi) is 5.09. The SMILES string of the molecule is CNCCC(=O)N1CCCN(c2cccnn2)CC1. The van der Waals surface area contributed by atoms with E-state index in [1.54, 1.807) is 6.20 Å². The molecule has 2 rings (SSSR count). The monoisotopic (exact) mass is 263 g/mol. The van der Waals surface area contributed by atoms with Crippen molar-refractivity contribution in [2.45, 2.75) is 12.8 Å². The number of rotatable bonds is 4. The minimum absolute atomic E-state index is 0.232. The van der Waals surface area contributed by atoms with Crippen LogP contribution in [0.25, 0.3) is 0 Å². The maximum absolute atomic E-state index is 12.0. The van der Waals surface area contributed by atoms with Crippen molar-refractivity contribution in [3.63, 3.8) is 0 Å². The van der Waals surface area contributed by atoms with Gasteiger partial charge in [0, 0.05) is 45.3 Å². The summed E-state index contributed by atoms with van der Waals surface area (Å²) in [6.45, 7) is 4.08. The molecule has 0 radical (unpaired) electrons. The molecule has 0 aliphatic carbocycles. The van der Waals surface area contributed by atoms with Crippen LogP contribution in [0.15, 0.2) is 18.3 Å². The molecule has 1 aliphatic heterocycles. The van der Waals surface area contributed by atoms with Gasteiger partial charge in [-0.1, -0.05) is 0 Å². The molecule has 0 atom stereocenters. The standard InChI is InChI=1S/C13H21N5O/c1-14-7-5-13(19)18-9-3-8-17(10-11-18)12-4-2-6-15-16-12/h2,4,6,14H,3,5,7-11H2,1H3. The van der Waals surface area contributed by atoms with Gasteiger partial charge in [0.1, 0.15) is 0 Å². The highest BCUT2D eigenvalue weighted by molar-refractivity contribution is 5.76. The number of nitrogens with one attached hydrogen (secondary N) is 1. The summed E-state index contributed by atoms with van der Waals surface area (Å²) >= 11 is 0. The zero-order chi connectivity index (χ0) is 13.5. The number of hydrogen-bond acceptors (Lipinski definition) is 5. The van der Waals surface area contributed by atoms with Crippen molar-refractivity contribution in [1.29, 1.82) is 0 Å². The third-order valence-electron chi connectivity index (χ3n) is 3.32. The fraction of sp³-hybridized carbons (Fsp3) is 0.615. The van der Waals surface area contributed by atoms with E-state index in [-0.39, 0.29) is 5.91 Å². The molecule has 0 spiro atoms. The second kappa shape index (κ2) is 7.04. The van der Waals surface area contributed by atoms with E-state index in [1.807, 2.05) is 24.1 Å². The van der Waals surface area contributed by atoms with Crippen LogP contribution in [0.5, 0.6) is 0 Å². The maximum Gasteiger partial charge on any atom is 0.223 e. The molecule has 6 heteroatoms. The summed E-state index contributed by atoms with van der Waals surface area (Å²) in [7, 11) is 1.87. The highest BCUT2D eigenvalue weighted by Gasteiger charge is 2.19. The van der Waals surface area contributed by atoms with Gasteiger partial charge in [0.05, 0.1) is 0 Å². The molecule has 1 aromatic rings. The van der Waals surface area contributed by atoms with Gasteiger partial charge < -0.3 is 15.1 Å². The lowest BCUT2D eigenvalue weighted by Gasteiger charge is -2.22. The van der Waals surface area contributed by atoms with Crippen LogP contribution in [0.2, 0.25) is 0 Å². The molecular weight excluding hydrogens is 242 g/mol. The van der Waals surface area contributed by atoms with Crippen LogP contribution in [-0.2, 0) is 4.79 Å². The topological polar surface area (TPSA) is 61.4 Å². The summed E-state index contributed by atoms with van der Waals surface area (Å²) in [5.74, 6) is 1.13. The lowest BCUT2D eigenvalue weighted by atomic mass is 10.3. The first-order chi connectivity index (χ1) is 9.31. The zero-order valence-electron chi connectivity index (χ0n) is 11.4. The highest BCUT2D eigenvalue weighted by atomic mass is 16.2. The average Bonchev–Trinajstić information content (AvgIpc) is 2.71. The van der Waals surface area contributed by atoms with Crippen LogP contribution in [0, 0.1) is 0 Å². The fourth-order valence-electron chi connectivity index (χ4n) is 2.25. The van der Waals surface area contributed by atoms with Crippen LogP contribution in [0.1, 0.15) is 12.8 Å². The lowest BCUT2D eigenvalue weighted by Crippen LogP contribution is -2.36. The molecule has 0 unspecified atom stereocenters. The van der Waals surface area contributed by atoms with E-state index in [0.29, 0.717) is 6.42 Å². The quantitative estimate of drug-likeness (QED) is 0.836. The molecule has 1 aliphatic rings. The number of nitrogens with zero attached hydrogens (tertiary/aromatic N) is 4. The Balaban J connectivity index is 1.89. The molecule has 19 heavy (non-hydrogen) atoms. The fourth-order valence-corrected chi connectivity index (χ4v) is 2.25. The largest absolute Gasteiger partial charge is 0.353 e. The normalized spacial score (nSPS) is 16.3. The summed E-state index contributed by atoms with van der Waals surface area (Å²) < 4.78 is 0. The average molecular weight is 263 g/mol. The Morgan fingerprint density at radius 3 is 3.00 bits per heavy atom. The minimum Gasteiger partial charge on any atom is -0.353 e. The van der Waals surface area contributed by atoms with Crippen molar-refractivity contribution in [2.24, 2.45) is 0 Å². The Bertz CT molecular complexity index is 397. The third kappa shape index (κ3) is 3.89. The van der Waals surface area contributed by atoms with E-state index < -0.39 is 0 Å². The van der Waals surface area contributed by atoms with Gasteiger partial charge in [-0.15, -0.1) is 5.10 Å². The van der Waals surface area contributed by atoms with Crippen molar-refractivity contribution in [2.75, 3.05) is 44.7 Å². The number of aromatic nitrogens is 2. The van der Waals surface area contributed by atoms with Crippen molar-refractivity contribution in [3.05, 3.63) is 18.3 Å². The van der Waals surface area contributed by atoms with Gasteiger partial charge in [-0.2, -0.15) is 5.10 Å². The predicted molar refractivity (Wildman–Crippen MR) is 74.0 cm³/mol. The Labute approximate surface area is 113 Å². The molecule has 0 aromatic carbocycles. The van der Waals surface area contributed by atoms with Gasteiger partial charge in [0.25, 0.3) is 0 Å². The van der Waals surface area contributed by atoms with E-state index in [9.17, 15) is 4.79 Å². The second-order valence-electron chi connectivity index (χ2n) is 4.66. The molecule has 0 saturated carbocycles. The first kappa shape index (κ1) is 13.7. The molecule has 1 amide bonds. The van der Waals surface area contributed by atoms with Gasteiger partial charge in [-0.3, -0.25) is 4.79 Å². The van der Waals surface area contributed by atoms with E-state index in [2.05, 4.69) is 20.4 Å². The molecule has 6 nitrogen and oxygen atoms in total. The van der Waals surface area contributed by atoms with Gasteiger partial charge in [-0.05, 0) is 25.6 Å². The Morgan fingerprint density at radius 1 is 1.37 bits per heavy atom. The van der Waals surface area contributed by atoms with Crippen molar-refractivity contribution < 1.29 is 4.79 Å². The maximum atomic E-state index is 12.0. The third-order valence-corrected chi connectivity index (χ3v) is 3.32. The second-order valence-corrected chi connectivity index (χ2v) is 4.66. The van der Waals surface area contributed by atoms with Crippen molar-refractivity contribution >= 4 is 11.7 Å². The van der Waals surface area contributed by atoms with Crippen LogP contribution in [0.4, 0.5) is 5.82 Å². The van der Waals surface area contributed by atoms with Crippen LogP contribution < -0.4 is 10.2 Å². The Morgan fingerprint density at radius 2 is 2.26 bits per heavy atom. The smallest absolute Gasteiger partial charge is 0.223 e. The Hall–Kier alpha value is -1.69. The number of hydrogen-bond donors (Lipinski definition) is 1. The molecule has 1 N–H and O–H groups in total. The number of amides is 1. The van der Waals surface area contributed by atoms with E-state index in [1.165, 1.54) is 0 Å². The first-order valence-corrected chi connectivity index (χ1v) is 6.76. The highest BCUT2D eigenvalue weighted by Crippen LogP contribution is 2.12. The van der Waals surface area contributed by atoms with Gasteiger partial charge >= 0.3 is 0 Å². The van der Waals surface area contributed by atoms with Gasteiger partial charge in [0.15, 0.2) is 5.82 Å². The molecule has 104 valence electrons. The van der Waals surface area contributed by atoms with Crippen molar-refractivity contribution in [1.82, 2.24) is 20.4 Å². The van der Waals surface area contributed by atoms with Gasteiger partial charge in [0.2, 0.25) is 5.91 Å². The van der Waals surface area contributed by atoms with Crippen LogP contribution >= 0.6 is 0 Å². The number of carbonyl (C=O) groups excluding carboxylic acids is 1. The summed E-state index contributed by atoms with van der Waals surface area (Å²) in [6, 6.07) is 3.86. The molecule has 1 fully saturated rings. The van der Waals surface area contributed by atoms with E-state index >= 15 is 0 Å². The van der Waals surface area contributed by atoms with Crippen LogP contribution in [0.3, 0.4) is 0 Å². The predicted octanol–water partition coefficient (Wildman–Crippen LogP) is 0.125. The van der Waals surface area contributed by atoms with E-state index in [4.69, 9.17) is 0 Å². The summed E-state index contributed by atoms with van der Waals surface area (Å²) in [6.07, 6.45) is 3.22. The molecule has 0 bridgehead atoms. The van der Waals surface area contributed by atoms with Crippen molar-refractivity contribution in [3.8, 4) is 0 Å². The zero-order valence-corrected chi connectivity index (χ0v) is 11.4. The molecular formula is C13H21N5O. The number of anilines is 1. The molecule has 1 aromatic heterocycles. The molecule has 1 saturated heterocycles. The summed E-state index contributed by atoms with van der Waals surface area (Å²) in [5, 5.41) is 11.0. The lowest BCUT2D eigenvalue weighted by molar-refractivity contribution is -0.130. The first-order valence-electron chi connectivity index (χ1n) is 6.76. The number of carbonyl (C=O) groups is 1. The summed E-state index contributed by atoms with van der Waals surface area (Å²) in [5.41, 5.74) is 0. The van der Waals surface area contributed by atoms with Gasteiger partial charge in [-0.25, -0.2) is 0 Å². The molecule has 2 heterocycles. The van der Waals surface area contributed by atoms with Crippen LogP contribution in [-0.4, -0.2) is 60.8 Å². The minimum atomic E-state index is 0.232.